The highest BCUT2D eigenvalue weighted by Gasteiger charge is 2.53. The fourth-order valence-corrected chi connectivity index (χ4v) is 3.60. The van der Waals surface area contributed by atoms with Gasteiger partial charge in [0.15, 0.2) is 6.61 Å². The van der Waals surface area contributed by atoms with Crippen LogP contribution in [0, 0.1) is 0 Å². The van der Waals surface area contributed by atoms with Gasteiger partial charge in [-0.05, 0) is 41.8 Å². The SMILES string of the molecule is OC[C@H]1OC(O)(c2ccc(Cl)c(Cc3ccc(OCC(F)(F)F)cc3)c2)[C@H](O)[C@@H](O)[C@@H]1O. The van der Waals surface area contributed by atoms with E-state index in [-0.39, 0.29) is 17.7 Å². The maximum Gasteiger partial charge on any atom is 0.422 e. The number of alkyl halides is 3. The molecule has 176 valence electrons. The van der Waals surface area contributed by atoms with Crippen LogP contribution in [-0.4, -0.2) is 69.3 Å². The molecule has 0 bridgehead atoms. The minimum absolute atomic E-state index is 0.0268. The molecular formula is C21H22ClF3O7. The zero-order chi connectivity index (χ0) is 23.7. The van der Waals surface area contributed by atoms with Gasteiger partial charge in [-0.25, -0.2) is 0 Å². The molecule has 0 aliphatic carbocycles. The minimum atomic E-state index is -4.45. The molecule has 1 aliphatic heterocycles. The highest BCUT2D eigenvalue weighted by Crippen LogP contribution is 2.38. The second kappa shape index (κ2) is 9.52. The van der Waals surface area contributed by atoms with Gasteiger partial charge in [-0.15, -0.1) is 0 Å². The first-order chi connectivity index (χ1) is 14.9. The van der Waals surface area contributed by atoms with E-state index in [0.717, 1.165) is 0 Å². The van der Waals surface area contributed by atoms with Crippen molar-refractivity contribution in [3.05, 3.63) is 64.2 Å². The molecule has 0 radical (unpaired) electrons. The fraction of sp³-hybridized carbons (Fsp3) is 0.429. The minimum Gasteiger partial charge on any atom is -0.484 e. The van der Waals surface area contributed by atoms with Crippen molar-refractivity contribution in [3.8, 4) is 5.75 Å². The summed E-state index contributed by atoms with van der Waals surface area (Å²) in [5.74, 6) is -2.39. The number of aliphatic hydroxyl groups excluding tert-OH is 4. The molecule has 0 aromatic heterocycles. The summed E-state index contributed by atoms with van der Waals surface area (Å²) >= 11 is 6.24. The Labute approximate surface area is 186 Å². The number of ether oxygens (including phenoxy) is 2. The van der Waals surface area contributed by atoms with Crippen LogP contribution in [0.15, 0.2) is 42.5 Å². The Hall–Kier alpha value is -1.92. The lowest BCUT2D eigenvalue weighted by atomic mass is 9.87. The monoisotopic (exact) mass is 478 g/mol. The number of hydrogen-bond donors (Lipinski definition) is 5. The van der Waals surface area contributed by atoms with Crippen molar-refractivity contribution in [1.29, 1.82) is 0 Å². The second-order valence-electron chi connectivity index (χ2n) is 7.49. The molecule has 2 aromatic carbocycles. The van der Waals surface area contributed by atoms with Crippen molar-refractivity contribution >= 4 is 11.6 Å². The van der Waals surface area contributed by atoms with Crippen molar-refractivity contribution in [1.82, 2.24) is 0 Å². The molecule has 5 N–H and O–H groups in total. The van der Waals surface area contributed by atoms with Crippen LogP contribution < -0.4 is 4.74 Å². The number of aliphatic hydroxyl groups is 5. The quantitative estimate of drug-likeness (QED) is 0.427. The number of rotatable bonds is 6. The molecule has 1 fully saturated rings. The molecule has 5 atom stereocenters. The summed E-state index contributed by atoms with van der Waals surface area (Å²) in [6.45, 7) is -2.12. The summed E-state index contributed by atoms with van der Waals surface area (Å²) in [4.78, 5) is 0. The van der Waals surface area contributed by atoms with Crippen molar-refractivity contribution in [2.75, 3.05) is 13.2 Å². The fourth-order valence-electron chi connectivity index (χ4n) is 3.41. The van der Waals surface area contributed by atoms with Crippen LogP contribution in [0.4, 0.5) is 13.2 Å². The van der Waals surface area contributed by atoms with E-state index >= 15 is 0 Å². The Morgan fingerprint density at radius 3 is 2.28 bits per heavy atom. The second-order valence-corrected chi connectivity index (χ2v) is 7.90. The maximum absolute atomic E-state index is 12.3. The van der Waals surface area contributed by atoms with Gasteiger partial charge in [0, 0.05) is 10.6 Å². The van der Waals surface area contributed by atoms with E-state index in [2.05, 4.69) is 4.74 Å². The van der Waals surface area contributed by atoms with Gasteiger partial charge < -0.3 is 35.0 Å². The van der Waals surface area contributed by atoms with E-state index in [9.17, 15) is 38.7 Å². The molecule has 1 unspecified atom stereocenters. The Kier molecular flexibility index (Phi) is 7.35. The zero-order valence-corrected chi connectivity index (χ0v) is 17.3. The van der Waals surface area contributed by atoms with Crippen LogP contribution in [0.25, 0.3) is 0 Å². The first kappa shape index (κ1) is 24.7. The average molecular weight is 479 g/mol. The van der Waals surface area contributed by atoms with E-state index in [4.69, 9.17) is 16.3 Å². The third-order valence-electron chi connectivity index (χ3n) is 5.15. The van der Waals surface area contributed by atoms with Crippen LogP contribution >= 0.6 is 11.6 Å². The van der Waals surface area contributed by atoms with Crippen LogP contribution in [-0.2, 0) is 16.9 Å². The number of hydrogen-bond acceptors (Lipinski definition) is 7. The molecule has 1 aliphatic rings. The van der Waals surface area contributed by atoms with Crippen LogP contribution in [0.1, 0.15) is 16.7 Å². The predicted octanol–water partition coefficient (Wildman–Crippen LogP) is 1.49. The van der Waals surface area contributed by atoms with E-state index in [1.54, 1.807) is 12.1 Å². The summed E-state index contributed by atoms with van der Waals surface area (Å²) in [5.41, 5.74) is 1.18. The normalized spacial score (nSPS) is 28.5. The number of benzene rings is 2. The molecule has 1 heterocycles. The van der Waals surface area contributed by atoms with Gasteiger partial charge in [0.1, 0.15) is 30.2 Å². The third kappa shape index (κ3) is 5.34. The van der Waals surface area contributed by atoms with Gasteiger partial charge in [0.25, 0.3) is 0 Å². The summed E-state index contributed by atoms with van der Waals surface area (Å²) in [6, 6.07) is 10.1. The van der Waals surface area contributed by atoms with Gasteiger partial charge in [0.2, 0.25) is 5.79 Å². The van der Waals surface area contributed by atoms with Crippen LogP contribution in [0.3, 0.4) is 0 Å². The molecule has 11 heteroatoms. The number of halogens is 4. The molecular weight excluding hydrogens is 457 g/mol. The molecule has 0 spiro atoms. The van der Waals surface area contributed by atoms with Crippen LogP contribution in [0.5, 0.6) is 5.75 Å². The van der Waals surface area contributed by atoms with Gasteiger partial charge in [-0.1, -0.05) is 29.8 Å². The average Bonchev–Trinajstić information content (AvgIpc) is 2.75. The van der Waals surface area contributed by atoms with E-state index in [1.807, 2.05) is 0 Å². The molecule has 3 rings (SSSR count). The van der Waals surface area contributed by atoms with E-state index < -0.39 is 49.6 Å². The maximum atomic E-state index is 12.3. The lowest BCUT2D eigenvalue weighted by Gasteiger charge is -2.45. The first-order valence-electron chi connectivity index (χ1n) is 9.57. The predicted molar refractivity (Wildman–Crippen MR) is 106 cm³/mol. The van der Waals surface area contributed by atoms with Crippen molar-refractivity contribution in [2.24, 2.45) is 0 Å². The summed E-state index contributed by atoms with van der Waals surface area (Å²) in [5, 5.41) is 50.9. The Morgan fingerprint density at radius 1 is 1.03 bits per heavy atom. The molecule has 0 amide bonds. The van der Waals surface area contributed by atoms with Gasteiger partial charge in [0.05, 0.1) is 6.61 Å². The lowest BCUT2D eigenvalue weighted by Crippen LogP contribution is -2.63. The van der Waals surface area contributed by atoms with Crippen LogP contribution in [0.2, 0.25) is 5.02 Å². The van der Waals surface area contributed by atoms with Crippen molar-refractivity contribution < 1.29 is 48.2 Å². The van der Waals surface area contributed by atoms with Crippen molar-refractivity contribution in [2.45, 2.75) is 42.8 Å². The smallest absolute Gasteiger partial charge is 0.422 e. The highest BCUT2D eigenvalue weighted by molar-refractivity contribution is 6.31. The van der Waals surface area contributed by atoms with Gasteiger partial charge in [-0.2, -0.15) is 13.2 Å². The standard InChI is InChI=1S/C21H22ClF3O7/c22-15-6-3-13(21(30)19(29)18(28)17(27)16(9-26)32-21)8-12(15)7-11-1-4-14(5-2-11)31-10-20(23,24)25/h1-6,8,16-19,26-30H,7,9-10H2/t16-,17-,18+,19-,21?/m1/s1. The highest BCUT2D eigenvalue weighted by atomic mass is 35.5. The van der Waals surface area contributed by atoms with Gasteiger partial charge in [-0.3, -0.25) is 0 Å². The summed E-state index contributed by atoms with van der Waals surface area (Å²) in [6.07, 6.45) is -10.9. The van der Waals surface area contributed by atoms with E-state index in [1.165, 1.54) is 30.3 Å². The van der Waals surface area contributed by atoms with Crippen molar-refractivity contribution in [3.63, 3.8) is 0 Å². The Bertz CT molecular complexity index is 923. The zero-order valence-electron chi connectivity index (χ0n) is 16.5. The lowest BCUT2D eigenvalue weighted by molar-refractivity contribution is -0.357. The molecule has 2 aromatic rings. The molecule has 1 saturated heterocycles. The largest absolute Gasteiger partial charge is 0.484 e. The first-order valence-corrected chi connectivity index (χ1v) is 9.95. The summed E-state index contributed by atoms with van der Waals surface area (Å²) < 4.78 is 46.8. The molecule has 32 heavy (non-hydrogen) atoms. The topological polar surface area (TPSA) is 120 Å². The van der Waals surface area contributed by atoms with E-state index in [0.29, 0.717) is 16.1 Å². The molecule has 0 saturated carbocycles. The Balaban J connectivity index is 1.81. The third-order valence-corrected chi connectivity index (χ3v) is 5.51. The summed E-state index contributed by atoms with van der Waals surface area (Å²) in [7, 11) is 0. The van der Waals surface area contributed by atoms with Gasteiger partial charge >= 0.3 is 6.18 Å². The Morgan fingerprint density at radius 2 is 1.69 bits per heavy atom. The molecule has 7 nitrogen and oxygen atoms in total.